The predicted molar refractivity (Wildman–Crippen MR) is 67.3 cm³/mol. The Kier molecular flexibility index (Phi) is 4.25. The number of hydrogen-bond acceptors (Lipinski definition) is 3. The summed E-state index contributed by atoms with van der Waals surface area (Å²) in [5, 5.41) is 2.63. The van der Waals surface area contributed by atoms with Crippen molar-refractivity contribution in [1.82, 2.24) is 4.31 Å². The summed E-state index contributed by atoms with van der Waals surface area (Å²) in [4.78, 5) is 11.5. The van der Waals surface area contributed by atoms with E-state index in [1.807, 2.05) is 19.1 Å². The molecule has 94 valence electrons. The smallest absolute Gasteiger partial charge is 0.239 e. The van der Waals surface area contributed by atoms with E-state index >= 15 is 0 Å². The van der Waals surface area contributed by atoms with Gasteiger partial charge in [-0.3, -0.25) is 4.79 Å². The van der Waals surface area contributed by atoms with E-state index in [0.29, 0.717) is 5.69 Å². The molecule has 1 amide bonds. The van der Waals surface area contributed by atoms with E-state index in [-0.39, 0.29) is 12.5 Å². The Labute approximate surface area is 101 Å². The summed E-state index contributed by atoms with van der Waals surface area (Å²) in [6.07, 6.45) is 1.06. The molecule has 0 spiro atoms. The van der Waals surface area contributed by atoms with Crippen LogP contribution in [-0.4, -0.2) is 38.5 Å². The van der Waals surface area contributed by atoms with Gasteiger partial charge in [-0.2, -0.15) is 4.31 Å². The lowest BCUT2D eigenvalue weighted by molar-refractivity contribution is -0.116. The minimum Gasteiger partial charge on any atom is -0.325 e. The average Bonchev–Trinajstić information content (AvgIpc) is 2.20. The molecule has 6 heteroatoms. The number of carbonyl (C=O) groups is 1. The molecule has 1 N–H and O–H groups in total. The molecule has 0 atom stereocenters. The summed E-state index contributed by atoms with van der Waals surface area (Å²) in [6.45, 7) is 1.76. The third-order valence-corrected chi connectivity index (χ3v) is 3.53. The van der Waals surface area contributed by atoms with Crippen LogP contribution in [-0.2, 0) is 14.8 Å². The zero-order valence-electron chi connectivity index (χ0n) is 10.1. The number of carbonyl (C=O) groups excluding carboxylic acids is 1. The zero-order chi connectivity index (χ0) is 13.1. The van der Waals surface area contributed by atoms with Gasteiger partial charge in [0.15, 0.2) is 0 Å². The summed E-state index contributed by atoms with van der Waals surface area (Å²) in [5.41, 5.74) is 1.75. The maximum Gasteiger partial charge on any atom is 0.239 e. The van der Waals surface area contributed by atoms with Gasteiger partial charge in [-0.25, -0.2) is 8.42 Å². The molecule has 0 aliphatic rings. The first kappa shape index (κ1) is 13.7. The maximum atomic E-state index is 11.5. The number of aryl methyl sites for hydroxylation is 1. The molecular weight excluding hydrogens is 240 g/mol. The van der Waals surface area contributed by atoms with Crippen molar-refractivity contribution in [2.75, 3.05) is 25.2 Å². The lowest BCUT2D eigenvalue weighted by Crippen LogP contribution is -2.34. The summed E-state index contributed by atoms with van der Waals surface area (Å²) in [6, 6.07) is 7.28. The van der Waals surface area contributed by atoms with Gasteiger partial charge in [-0.05, 0) is 19.1 Å². The third kappa shape index (κ3) is 4.54. The standard InChI is InChI=1S/C11H16N2O3S/c1-9-4-6-10(7-5-9)12-11(14)8-13(2)17(3,15)16/h4-7H,8H2,1-3H3,(H,12,14). The van der Waals surface area contributed by atoms with Crippen molar-refractivity contribution in [3.8, 4) is 0 Å². The predicted octanol–water partition coefficient (Wildman–Crippen LogP) is 0.825. The molecular formula is C11H16N2O3S. The van der Waals surface area contributed by atoms with Crippen LogP contribution in [0.4, 0.5) is 5.69 Å². The number of nitrogens with one attached hydrogen (secondary N) is 1. The number of nitrogens with zero attached hydrogens (tertiary/aromatic N) is 1. The number of sulfonamides is 1. The van der Waals surface area contributed by atoms with E-state index < -0.39 is 10.0 Å². The topological polar surface area (TPSA) is 66.5 Å². The minimum atomic E-state index is -3.32. The first-order chi connectivity index (χ1) is 7.79. The molecule has 0 aromatic heterocycles. The number of amides is 1. The summed E-state index contributed by atoms with van der Waals surface area (Å²) < 4.78 is 23.2. The minimum absolute atomic E-state index is 0.188. The Morgan fingerprint density at radius 1 is 1.29 bits per heavy atom. The number of hydrogen-bond donors (Lipinski definition) is 1. The molecule has 0 bridgehead atoms. The highest BCUT2D eigenvalue weighted by Gasteiger charge is 2.14. The van der Waals surface area contributed by atoms with E-state index in [9.17, 15) is 13.2 Å². The molecule has 0 saturated heterocycles. The van der Waals surface area contributed by atoms with Crippen molar-refractivity contribution in [3.05, 3.63) is 29.8 Å². The first-order valence-corrected chi connectivity index (χ1v) is 6.91. The molecule has 1 aromatic rings. The van der Waals surface area contributed by atoms with Crippen molar-refractivity contribution in [2.45, 2.75) is 6.92 Å². The fourth-order valence-corrected chi connectivity index (χ4v) is 1.51. The summed E-state index contributed by atoms with van der Waals surface area (Å²) in [5.74, 6) is -0.359. The van der Waals surface area contributed by atoms with Crippen molar-refractivity contribution in [1.29, 1.82) is 0 Å². The van der Waals surface area contributed by atoms with E-state index in [4.69, 9.17) is 0 Å². The molecule has 1 aromatic carbocycles. The van der Waals surface area contributed by atoms with Crippen molar-refractivity contribution >= 4 is 21.6 Å². The summed E-state index contributed by atoms with van der Waals surface area (Å²) in [7, 11) is -1.96. The van der Waals surface area contributed by atoms with Crippen LogP contribution in [0, 0.1) is 6.92 Å². The number of anilines is 1. The van der Waals surface area contributed by atoms with Gasteiger partial charge in [0.25, 0.3) is 0 Å². The van der Waals surface area contributed by atoms with Crippen LogP contribution in [0.5, 0.6) is 0 Å². The SMILES string of the molecule is Cc1ccc(NC(=O)CN(C)S(C)(=O)=O)cc1. The molecule has 5 nitrogen and oxygen atoms in total. The van der Waals surface area contributed by atoms with Crippen LogP contribution >= 0.6 is 0 Å². The molecule has 0 unspecified atom stereocenters. The molecule has 1 rings (SSSR count). The van der Waals surface area contributed by atoms with Crippen LogP contribution < -0.4 is 5.32 Å². The maximum absolute atomic E-state index is 11.5. The third-order valence-electron chi connectivity index (χ3n) is 2.27. The van der Waals surface area contributed by atoms with Gasteiger partial charge in [-0.1, -0.05) is 17.7 Å². The Hall–Kier alpha value is -1.40. The molecule has 17 heavy (non-hydrogen) atoms. The van der Waals surface area contributed by atoms with E-state index in [0.717, 1.165) is 16.1 Å². The Morgan fingerprint density at radius 3 is 2.29 bits per heavy atom. The molecule has 0 fully saturated rings. The van der Waals surface area contributed by atoms with Gasteiger partial charge in [0.05, 0.1) is 12.8 Å². The van der Waals surface area contributed by atoms with Crippen molar-refractivity contribution < 1.29 is 13.2 Å². The lowest BCUT2D eigenvalue weighted by Gasteiger charge is -2.13. The van der Waals surface area contributed by atoms with Crippen molar-refractivity contribution in [2.24, 2.45) is 0 Å². The van der Waals surface area contributed by atoms with Gasteiger partial charge >= 0.3 is 0 Å². The fraction of sp³-hybridized carbons (Fsp3) is 0.364. The largest absolute Gasteiger partial charge is 0.325 e. The number of benzene rings is 1. The summed E-state index contributed by atoms with van der Waals surface area (Å²) >= 11 is 0. The second-order valence-corrected chi connectivity index (χ2v) is 6.02. The molecule has 0 heterocycles. The van der Waals surface area contributed by atoms with Gasteiger partial charge in [0.1, 0.15) is 0 Å². The normalized spacial score (nSPS) is 11.5. The van der Waals surface area contributed by atoms with Crippen LogP contribution in [0.3, 0.4) is 0 Å². The highest BCUT2D eigenvalue weighted by Crippen LogP contribution is 2.08. The Bertz CT molecular complexity index is 494. The van der Waals surface area contributed by atoms with E-state index in [2.05, 4.69) is 5.32 Å². The van der Waals surface area contributed by atoms with Crippen LogP contribution in [0.1, 0.15) is 5.56 Å². The van der Waals surface area contributed by atoms with Gasteiger partial charge in [0, 0.05) is 12.7 Å². The van der Waals surface area contributed by atoms with Gasteiger partial charge < -0.3 is 5.32 Å². The second-order valence-electron chi connectivity index (χ2n) is 3.93. The Balaban J connectivity index is 2.59. The highest BCUT2D eigenvalue weighted by molar-refractivity contribution is 7.88. The van der Waals surface area contributed by atoms with Crippen LogP contribution in [0.25, 0.3) is 0 Å². The molecule has 0 saturated carbocycles. The highest BCUT2D eigenvalue weighted by atomic mass is 32.2. The quantitative estimate of drug-likeness (QED) is 0.867. The van der Waals surface area contributed by atoms with E-state index in [1.165, 1.54) is 7.05 Å². The lowest BCUT2D eigenvalue weighted by atomic mass is 10.2. The monoisotopic (exact) mass is 256 g/mol. The van der Waals surface area contributed by atoms with Gasteiger partial charge in [-0.15, -0.1) is 0 Å². The fourth-order valence-electron chi connectivity index (χ4n) is 1.16. The second kappa shape index (κ2) is 5.29. The molecule has 0 aliphatic heterocycles. The van der Waals surface area contributed by atoms with E-state index in [1.54, 1.807) is 12.1 Å². The molecule has 0 radical (unpaired) electrons. The van der Waals surface area contributed by atoms with Crippen LogP contribution in [0.2, 0.25) is 0 Å². The first-order valence-electron chi connectivity index (χ1n) is 5.07. The number of likely N-dealkylation sites (N-methyl/N-ethyl adjacent to an activating group) is 1. The van der Waals surface area contributed by atoms with Crippen molar-refractivity contribution in [3.63, 3.8) is 0 Å². The average molecular weight is 256 g/mol. The van der Waals surface area contributed by atoms with Gasteiger partial charge in [0.2, 0.25) is 15.9 Å². The Morgan fingerprint density at radius 2 is 1.82 bits per heavy atom. The van der Waals surface area contributed by atoms with Crippen LogP contribution in [0.15, 0.2) is 24.3 Å². The number of rotatable bonds is 4. The zero-order valence-corrected chi connectivity index (χ0v) is 10.9. The molecule has 0 aliphatic carbocycles.